The Kier molecular flexibility index (Phi) is 3.48. The van der Waals surface area contributed by atoms with Crippen molar-refractivity contribution < 1.29 is 9.63 Å². The van der Waals surface area contributed by atoms with E-state index in [1.807, 2.05) is 27.7 Å². The molecule has 17 heavy (non-hydrogen) atoms. The van der Waals surface area contributed by atoms with Crippen LogP contribution in [0, 0.1) is 5.41 Å². The molecule has 0 aromatic carbocycles. The molecule has 1 rings (SSSR count). The molecular formula is C13H22N2O2. The van der Waals surface area contributed by atoms with Gasteiger partial charge in [0, 0.05) is 24.1 Å². The second kappa shape index (κ2) is 4.26. The lowest BCUT2D eigenvalue weighted by atomic mass is 9.81. The van der Waals surface area contributed by atoms with Gasteiger partial charge in [-0.15, -0.1) is 5.06 Å². The highest BCUT2D eigenvalue weighted by Gasteiger charge is 2.46. The normalized spacial score (nSPS) is 23.2. The minimum Gasteiger partial charge on any atom is -0.363 e. The number of hydroxylamine groups is 2. The summed E-state index contributed by atoms with van der Waals surface area (Å²) in [5.74, 6) is -0.403. The van der Waals surface area contributed by atoms with Gasteiger partial charge in [0.05, 0.1) is 11.1 Å². The molecule has 0 aliphatic carbocycles. The molecule has 1 aliphatic rings. The van der Waals surface area contributed by atoms with Crippen LogP contribution in [0.5, 0.6) is 0 Å². The van der Waals surface area contributed by atoms with Gasteiger partial charge in [-0.3, -0.25) is 0 Å². The van der Waals surface area contributed by atoms with Gasteiger partial charge in [-0.25, -0.2) is 4.79 Å². The molecule has 0 aromatic heterocycles. The van der Waals surface area contributed by atoms with Crippen LogP contribution in [-0.4, -0.2) is 27.8 Å². The maximum Gasteiger partial charge on any atom is 0.352 e. The molecule has 0 aromatic rings. The molecule has 1 N–H and O–H groups in total. The van der Waals surface area contributed by atoms with Crippen LogP contribution in [0.1, 0.15) is 47.5 Å². The van der Waals surface area contributed by atoms with Crippen molar-refractivity contribution >= 4 is 11.7 Å². The molecule has 4 heteroatoms. The van der Waals surface area contributed by atoms with Crippen molar-refractivity contribution in [3.8, 4) is 0 Å². The molecule has 4 nitrogen and oxygen atoms in total. The Balaban J connectivity index is 2.97. The first-order valence-corrected chi connectivity index (χ1v) is 5.81. The lowest BCUT2D eigenvalue weighted by molar-refractivity contribution is -0.251. The summed E-state index contributed by atoms with van der Waals surface area (Å²) in [5, 5.41) is 9.59. The summed E-state index contributed by atoms with van der Waals surface area (Å²) in [5.41, 5.74) is 0.369. The Hall–Kier alpha value is -1.16. The monoisotopic (exact) mass is 238 g/mol. The number of piperidine rings is 1. The molecule has 1 saturated heterocycles. The van der Waals surface area contributed by atoms with Gasteiger partial charge >= 0.3 is 5.97 Å². The quantitative estimate of drug-likeness (QED) is 0.752. The number of hydrogen-bond donors (Lipinski definition) is 1. The average Bonchev–Trinajstić information content (AvgIpc) is 2.08. The second-order valence-electron chi connectivity index (χ2n) is 6.04. The highest BCUT2D eigenvalue weighted by Crippen LogP contribution is 2.37. The Morgan fingerprint density at radius 2 is 1.71 bits per heavy atom. The molecule has 1 heterocycles. The Bertz CT molecular complexity index is 350. The summed E-state index contributed by atoms with van der Waals surface area (Å²) in [6.45, 7) is 13.1. The van der Waals surface area contributed by atoms with Crippen LogP contribution in [0.2, 0.25) is 0 Å². The topological polar surface area (TPSA) is 53.4 Å². The highest BCUT2D eigenvalue weighted by molar-refractivity contribution is 5.87. The molecule has 0 amide bonds. The van der Waals surface area contributed by atoms with Crippen LogP contribution in [0.3, 0.4) is 0 Å². The first-order chi connectivity index (χ1) is 7.56. The number of nitrogens with zero attached hydrogens (tertiary/aromatic N) is 1. The Morgan fingerprint density at radius 1 is 1.29 bits per heavy atom. The molecule has 0 radical (unpaired) electrons. The summed E-state index contributed by atoms with van der Waals surface area (Å²) in [7, 11) is 0. The molecule has 0 saturated carbocycles. The maximum atomic E-state index is 11.7. The smallest absolute Gasteiger partial charge is 0.352 e. The van der Waals surface area contributed by atoms with E-state index in [1.54, 1.807) is 12.0 Å². The van der Waals surface area contributed by atoms with Crippen LogP contribution >= 0.6 is 0 Å². The Morgan fingerprint density at radius 3 is 2.06 bits per heavy atom. The lowest BCUT2D eigenvalue weighted by Gasteiger charge is -2.50. The minimum atomic E-state index is -0.403. The van der Waals surface area contributed by atoms with Crippen LogP contribution in [0.25, 0.3) is 0 Å². The Labute approximate surface area is 103 Å². The van der Waals surface area contributed by atoms with E-state index >= 15 is 0 Å². The van der Waals surface area contributed by atoms with Crippen molar-refractivity contribution in [3.63, 3.8) is 0 Å². The summed E-state index contributed by atoms with van der Waals surface area (Å²) < 4.78 is 0. The maximum absolute atomic E-state index is 11.7. The van der Waals surface area contributed by atoms with E-state index in [4.69, 9.17) is 10.2 Å². The summed E-state index contributed by atoms with van der Waals surface area (Å²) in [6, 6.07) is 0. The van der Waals surface area contributed by atoms with Gasteiger partial charge in [0.15, 0.2) is 0 Å². The zero-order chi connectivity index (χ0) is 13.4. The summed E-state index contributed by atoms with van der Waals surface area (Å²) in [4.78, 5) is 17.1. The van der Waals surface area contributed by atoms with Crippen molar-refractivity contribution in [1.29, 1.82) is 5.41 Å². The standard InChI is InChI=1S/C13H22N2O2/c1-9(2)11(16)17-15-12(3,4)7-10(14)8-13(15,5)6/h14H,1,7-8H2,2-6H3. The van der Waals surface area contributed by atoms with Crippen molar-refractivity contribution in [1.82, 2.24) is 5.06 Å². The van der Waals surface area contributed by atoms with E-state index < -0.39 is 5.97 Å². The molecule has 0 unspecified atom stereocenters. The first kappa shape index (κ1) is 13.9. The van der Waals surface area contributed by atoms with Gasteiger partial charge in [0.1, 0.15) is 0 Å². The van der Waals surface area contributed by atoms with Crippen LogP contribution in [0.15, 0.2) is 12.2 Å². The molecule has 1 fully saturated rings. The fourth-order valence-electron chi connectivity index (χ4n) is 2.48. The molecule has 1 aliphatic heterocycles. The number of hydrogen-bond acceptors (Lipinski definition) is 4. The predicted molar refractivity (Wildman–Crippen MR) is 67.9 cm³/mol. The molecule has 0 bridgehead atoms. The van der Waals surface area contributed by atoms with Gasteiger partial charge in [0.25, 0.3) is 0 Å². The molecule has 96 valence electrons. The van der Waals surface area contributed by atoms with Crippen LogP contribution < -0.4 is 0 Å². The van der Waals surface area contributed by atoms with E-state index in [0.29, 0.717) is 24.1 Å². The van der Waals surface area contributed by atoms with E-state index in [-0.39, 0.29) is 11.1 Å². The summed E-state index contributed by atoms with van der Waals surface area (Å²) in [6.07, 6.45) is 1.22. The largest absolute Gasteiger partial charge is 0.363 e. The van der Waals surface area contributed by atoms with Crippen LogP contribution in [-0.2, 0) is 9.63 Å². The lowest BCUT2D eigenvalue weighted by Crippen LogP contribution is -2.61. The SMILES string of the molecule is C=C(C)C(=O)ON1C(C)(C)CC(=N)CC1(C)C. The molecular weight excluding hydrogens is 216 g/mol. The first-order valence-electron chi connectivity index (χ1n) is 5.81. The molecule has 0 spiro atoms. The molecule has 0 atom stereocenters. The number of nitrogens with one attached hydrogen (secondary N) is 1. The van der Waals surface area contributed by atoms with E-state index in [1.165, 1.54) is 0 Å². The number of rotatable bonds is 2. The van der Waals surface area contributed by atoms with E-state index in [0.717, 1.165) is 0 Å². The average molecular weight is 238 g/mol. The zero-order valence-electron chi connectivity index (χ0n) is 11.4. The zero-order valence-corrected chi connectivity index (χ0v) is 11.4. The highest BCUT2D eigenvalue weighted by atomic mass is 16.7. The van der Waals surface area contributed by atoms with Gasteiger partial charge in [0.2, 0.25) is 0 Å². The fourth-order valence-corrected chi connectivity index (χ4v) is 2.48. The summed E-state index contributed by atoms with van der Waals surface area (Å²) >= 11 is 0. The second-order valence-corrected chi connectivity index (χ2v) is 6.04. The third-order valence-corrected chi connectivity index (χ3v) is 2.91. The predicted octanol–water partition coefficient (Wildman–Crippen LogP) is 2.69. The van der Waals surface area contributed by atoms with E-state index in [2.05, 4.69) is 6.58 Å². The van der Waals surface area contributed by atoms with Gasteiger partial charge in [-0.1, -0.05) is 6.58 Å². The van der Waals surface area contributed by atoms with Crippen molar-refractivity contribution in [2.24, 2.45) is 0 Å². The van der Waals surface area contributed by atoms with Crippen molar-refractivity contribution in [2.45, 2.75) is 58.5 Å². The van der Waals surface area contributed by atoms with Gasteiger partial charge < -0.3 is 10.2 Å². The fraction of sp³-hybridized carbons (Fsp3) is 0.692. The van der Waals surface area contributed by atoms with Gasteiger partial charge in [-0.05, 0) is 34.6 Å². The van der Waals surface area contributed by atoms with Crippen molar-refractivity contribution in [3.05, 3.63) is 12.2 Å². The third kappa shape index (κ3) is 2.94. The number of carbonyl (C=O) groups excluding carboxylic acids is 1. The van der Waals surface area contributed by atoms with E-state index in [9.17, 15) is 4.79 Å². The van der Waals surface area contributed by atoms with Crippen LogP contribution in [0.4, 0.5) is 0 Å². The minimum absolute atomic E-state index is 0.357. The third-order valence-electron chi connectivity index (χ3n) is 2.91. The van der Waals surface area contributed by atoms with Gasteiger partial charge in [-0.2, -0.15) is 0 Å². The van der Waals surface area contributed by atoms with Crippen molar-refractivity contribution in [2.75, 3.05) is 0 Å². The number of carbonyl (C=O) groups is 1.